The molecule has 2 saturated heterocycles. The zero-order chi connectivity index (χ0) is 12.4. The zero-order valence-electron chi connectivity index (χ0n) is 11.7. The second-order valence-electron chi connectivity index (χ2n) is 5.70. The maximum Gasteiger partial charge on any atom is 0.227 e. The van der Waals surface area contributed by atoms with Gasteiger partial charge in [0, 0.05) is 38.8 Å². The average Bonchev–Trinajstić information content (AvgIpc) is 2.74. The van der Waals surface area contributed by atoms with Crippen LogP contribution in [0.2, 0.25) is 0 Å². The molecule has 0 aromatic heterocycles. The van der Waals surface area contributed by atoms with E-state index in [2.05, 4.69) is 35.9 Å². The van der Waals surface area contributed by atoms with Gasteiger partial charge in [-0.25, -0.2) is 0 Å². The topological polar surface area (TPSA) is 35.6 Å². The first-order chi connectivity index (χ1) is 8.09. The van der Waals surface area contributed by atoms with Gasteiger partial charge in [0.2, 0.25) is 5.91 Å². The highest BCUT2D eigenvalue weighted by Crippen LogP contribution is 2.19. The minimum absolute atomic E-state index is 0. The molecule has 2 heterocycles. The fraction of sp³-hybridized carbons (Fsp3) is 0.923. The number of piperazine rings is 1. The van der Waals surface area contributed by atoms with E-state index in [4.69, 9.17) is 0 Å². The van der Waals surface area contributed by atoms with Crippen LogP contribution in [-0.2, 0) is 4.79 Å². The molecule has 5 heteroatoms. The minimum Gasteiger partial charge on any atom is -0.340 e. The van der Waals surface area contributed by atoms with Crippen molar-refractivity contribution in [2.45, 2.75) is 26.8 Å². The molecule has 4 nitrogen and oxygen atoms in total. The summed E-state index contributed by atoms with van der Waals surface area (Å²) in [4.78, 5) is 16.9. The summed E-state index contributed by atoms with van der Waals surface area (Å²) in [5.41, 5.74) is 0. The van der Waals surface area contributed by atoms with Crippen LogP contribution < -0.4 is 5.32 Å². The molecule has 2 aliphatic rings. The molecule has 2 atom stereocenters. The van der Waals surface area contributed by atoms with Crippen molar-refractivity contribution in [3.63, 3.8) is 0 Å². The summed E-state index contributed by atoms with van der Waals surface area (Å²) in [6.45, 7) is 12.3. The van der Waals surface area contributed by atoms with Crippen molar-refractivity contribution >= 4 is 18.3 Å². The lowest BCUT2D eigenvalue weighted by molar-refractivity contribution is -0.138. The monoisotopic (exact) mass is 275 g/mol. The number of carbonyl (C=O) groups is 1. The Morgan fingerprint density at radius 3 is 2.22 bits per heavy atom. The molecule has 2 aliphatic heterocycles. The summed E-state index contributed by atoms with van der Waals surface area (Å²) < 4.78 is 0. The van der Waals surface area contributed by atoms with Gasteiger partial charge in [0.05, 0.1) is 5.92 Å². The lowest BCUT2D eigenvalue weighted by atomic mass is 9.96. The van der Waals surface area contributed by atoms with Crippen LogP contribution in [0.5, 0.6) is 0 Å². The molecule has 0 spiro atoms. The SMILES string of the molecule is CC(C)N1CCN(C(=O)[C@@H]2CNC[C@H]2C)CC1.Cl. The molecule has 0 aromatic rings. The van der Waals surface area contributed by atoms with Crippen molar-refractivity contribution in [2.75, 3.05) is 39.3 Å². The van der Waals surface area contributed by atoms with Crippen LogP contribution in [0.25, 0.3) is 0 Å². The molecule has 0 radical (unpaired) electrons. The minimum atomic E-state index is 0. The van der Waals surface area contributed by atoms with Crippen molar-refractivity contribution in [2.24, 2.45) is 11.8 Å². The molecule has 0 saturated carbocycles. The van der Waals surface area contributed by atoms with Gasteiger partial charge in [0.1, 0.15) is 0 Å². The Balaban J connectivity index is 0.00000162. The molecular formula is C13H26ClN3O. The molecule has 0 bridgehead atoms. The van der Waals surface area contributed by atoms with Gasteiger partial charge in [0.25, 0.3) is 0 Å². The normalized spacial score (nSPS) is 29.4. The summed E-state index contributed by atoms with van der Waals surface area (Å²) in [6, 6.07) is 0.597. The third kappa shape index (κ3) is 3.37. The highest BCUT2D eigenvalue weighted by atomic mass is 35.5. The van der Waals surface area contributed by atoms with Crippen molar-refractivity contribution < 1.29 is 4.79 Å². The van der Waals surface area contributed by atoms with Crippen LogP contribution >= 0.6 is 12.4 Å². The third-order valence-electron chi connectivity index (χ3n) is 4.19. The molecule has 0 aliphatic carbocycles. The van der Waals surface area contributed by atoms with Crippen LogP contribution in [0.4, 0.5) is 0 Å². The summed E-state index contributed by atoms with van der Waals surface area (Å²) in [7, 11) is 0. The van der Waals surface area contributed by atoms with E-state index in [9.17, 15) is 4.79 Å². The molecule has 2 rings (SSSR count). The largest absolute Gasteiger partial charge is 0.340 e. The van der Waals surface area contributed by atoms with E-state index >= 15 is 0 Å². The summed E-state index contributed by atoms with van der Waals surface area (Å²) in [6.07, 6.45) is 0. The van der Waals surface area contributed by atoms with E-state index in [1.807, 2.05) is 0 Å². The Bertz CT molecular complexity index is 277. The second kappa shape index (κ2) is 6.73. The van der Waals surface area contributed by atoms with Gasteiger partial charge in [-0.05, 0) is 26.3 Å². The summed E-state index contributed by atoms with van der Waals surface area (Å²) in [5, 5.41) is 3.31. The van der Waals surface area contributed by atoms with E-state index in [0.717, 1.165) is 39.3 Å². The van der Waals surface area contributed by atoms with Crippen LogP contribution in [0.3, 0.4) is 0 Å². The Morgan fingerprint density at radius 1 is 1.17 bits per heavy atom. The van der Waals surface area contributed by atoms with Gasteiger partial charge in [0.15, 0.2) is 0 Å². The maximum absolute atomic E-state index is 12.4. The average molecular weight is 276 g/mol. The molecule has 1 N–H and O–H groups in total. The Hall–Kier alpha value is -0.320. The van der Waals surface area contributed by atoms with Crippen molar-refractivity contribution in [3.8, 4) is 0 Å². The molecule has 106 valence electrons. The molecule has 0 unspecified atom stereocenters. The Labute approximate surface area is 116 Å². The van der Waals surface area contributed by atoms with Crippen LogP contribution in [0.15, 0.2) is 0 Å². The van der Waals surface area contributed by atoms with E-state index in [1.54, 1.807) is 0 Å². The first-order valence-corrected chi connectivity index (χ1v) is 6.83. The number of rotatable bonds is 2. The number of hydrogen-bond acceptors (Lipinski definition) is 3. The van der Waals surface area contributed by atoms with Crippen molar-refractivity contribution in [1.29, 1.82) is 0 Å². The Kier molecular flexibility index (Phi) is 5.89. The van der Waals surface area contributed by atoms with E-state index in [1.165, 1.54) is 0 Å². The van der Waals surface area contributed by atoms with Gasteiger partial charge in [-0.2, -0.15) is 0 Å². The molecule has 2 fully saturated rings. The van der Waals surface area contributed by atoms with E-state index < -0.39 is 0 Å². The van der Waals surface area contributed by atoms with Crippen molar-refractivity contribution in [3.05, 3.63) is 0 Å². The van der Waals surface area contributed by atoms with Gasteiger partial charge in [-0.1, -0.05) is 6.92 Å². The van der Waals surface area contributed by atoms with Gasteiger partial charge >= 0.3 is 0 Å². The number of halogens is 1. The lowest BCUT2D eigenvalue weighted by Gasteiger charge is -2.38. The highest BCUT2D eigenvalue weighted by Gasteiger charge is 2.34. The van der Waals surface area contributed by atoms with Crippen LogP contribution in [0.1, 0.15) is 20.8 Å². The fourth-order valence-corrected chi connectivity index (χ4v) is 2.83. The first kappa shape index (κ1) is 15.7. The predicted molar refractivity (Wildman–Crippen MR) is 76.1 cm³/mol. The second-order valence-corrected chi connectivity index (χ2v) is 5.70. The highest BCUT2D eigenvalue weighted by molar-refractivity contribution is 5.85. The quantitative estimate of drug-likeness (QED) is 0.810. The summed E-state index contributed by atoms with van der Waals surface area (Å²) >= 11 is 0. The molecule has 18 heavy (non-hydrogen) atoms. The fourth-order valence-electron chi connectivity index (χ4n) is 2.83. The molecular weight excluding hydrogens is 250 g/mol. The van der Waals surface area contributed by atoms with E-state index in [-0.39, 0.29) is 18.3 Å². The predicted octanol–water partition coefficient (Wildman–Crippen LogP) is 0.816. The number of hydrogen-bond donors (Lipinski definition) is 1. The number of nitrogens with zero attached hydrogens (tertiary/aromatic N) is 2. The molecule has 1 amide bonds. The number of carbonyl (C=O) groups excluding carboxylic acids is 1. The van der Waals surface area contributed by atoms with Gasteiger partial charge < -0.3 is 10.2 Å². The number of nitrogens with one attached hydrogen (secondary N) is 1. The molecule has 0 aromatic carbocycles. The lowest BCUT2D eigenvalue weighted by Crippen LogP contribution is -2.52. The van der Waals surface area contributed by atoms with Crippen LogP contribution in [-0.4, -0.2) is 61.0 Å². The smallest absolute Gasteiger partial charge is 0.227 e. The van der Waals surface area contributed by atoms with Crippen LogP contribution in [0, 0.1) is 11.8 Å². The number of amides is 1. The first-order valence-electron chi connectivity index (χ1n) is 6.83. The van der Waals surface area contributed by atoms with Gasteiger partial charge in [-0.15, -0.1) is 12.4 Å². The maximum atomic E-state index is 12.4. The zero-order valence-corrected chi connectivity index (χ0v) is 12.5. The van der Waals surface area contributed by atoms with E-state index in [0.29, 0.717) is 17.9 Å². The van der Waals surface area contributed by atoms with Crippen molar-refractivity contribution in [1.82, 2.24) is 15.1 Å². The summed E-state index contributed by atoms with van der Waals surface area (Å²) in [5.74, 6) is 1.07. The standard InChI is InChI=1S/C13H25N3O.ClH/c1-10(2)15-4-6-16(7-5-15)13(17)12-9-14-8-11(12)3;/h10-12,14H,4-9H2,1-3H3;1H/t11-,12-;/m1./s1. The Morgan fingerprint density at radius 2 is 1.78 bits per heavy atom. The third-order valence-corrected chi connectivity index (χ3v) is 4.19. The van der Waals surface area contributed by atoms with Gasteiger partial charge in [-0.3, -0.25) is 9.69 Å².